The lowest BCUT2D eigenvalue weighted by Gasteiger charge is -2.06. The molecule has 0 aliphatic rings. The molecule has 0 bridgehead atoms. The van der Waals surface area contributed by atoms with E-state index in [1.807, 2.05) is 30.3 Å². The van der Waals surface area contributed by atoms with E-state index in [1.54, 1.807) is 0 Å². The largest absolute Gasteiger partial charge is 0.480 e. The predicted molar refractivity (Wildman–Crippen MR) is 78.8 cm³/mol. The van der Waals surface area contributed by atoms with Gasteiger partial charge in [0.25, 0.3) is 5.56 Å². The van der Waals surface area contributed by atoms with E-state index in [-0.39, 0.29) is 0 Å². The number of H-pyrrole nitrogens is 1. The van der Waals surface area contributed by atoms with Crippen molar-refractivity contribution in [1.82, 2.24) is 9.55 Å². The van der Waals surface area contributed by atoms with Crippen LogP contribution in [0.5, 0.6) is 0 Å². The molecule has 0 aliphatic heterocycles. The summed E-state index contributed by atoms with van der Waals surface area (Å²) in [7, 11) is 0. The molecule has 7 nitrogen and oxygen atoms in total. The number of carbonyl (C=O) groups is 1. The van der Waals surface area contributed by atoms with Crippen LogP contribution in [0.2, 0.25) is 0 Å². The highest BCUT2D eigenvalue weighted by molar-refractivity contribution is 5.66. The lowest BCUT2D eigenvalue weighted by Crippen LogP contribution is -2.33. The molecule has 1 heterocycles. The summed E-state index contributed by atoms with van der Waals surface area (Å²) in [4.78, 5) is 35.9. The number of ether oxygens (including phenoxy) is 1. The summed E-state index contributed by atoms with van der Waals surface area (Å²) in [6.07, 6.45) is 1.56. The zero-order chi connectivity index (χ0) is 15.9. The summed E-state index contributed by atoms with van der Waals surface area (Å²) in [5.41, 5.74) is 0.0810. The first-order valence-electron chi connectivity index (χ1n) is 6.72. The van der Waals surface area contributed by atoms with Crippen LogP contribution in [0.1, 0.15) is 11.1 Å². The van der Waals surface area contributed by atoms with E-state index < -0.39 is 23.8 Å². The van der Waals surface area contributed by atoms with Gasteiger partial charge in [0.1, 0.15) is 6.54 Å². The number of carboxylic acid groups (broad SMARTS) is 1. The Kier molecular flexibility index (Phi) is 5.26. The van der Waals surface area contributed by atoms with Crippen molar-refractivity contribution in [2.75, 3.05) is 6.61 Å². The van der Waals surface area contributed by atoms with E-state index in [0.29, 0.717) is 25.2 Å². The molecule has 0 amide bonds. The Bertz CT molecular complexity index is 749. The van der Waals surface area contributed by atoms with Crippen LogP contribution in [0.15, 0.2) is 46.1 Å². The van der Waals surface area contributed by atoms with Gasteiger partial charge >= 0.3 is 11.7 Å². The van der Waals surface area contributed by atoms with Crippen LogP contribution in [-0.2, 0) is 29.1 Å². The number of carboxylic acids is 1. The van der Waals surface area contributed by atoms with Crippen LogP contribution in [0, 0.1) is 0 Å². The topological polar surface area (TPSA) is 101 Å². The number of hydrogen-bond acceptors (Lipinski definition) is 4. The maximum absolute atomic E-state index is 11.7. The van der Waals surface area contributed by atoms with Gasteiger partial charge in [0.15, 0.2) is 0 Å². The van der Waals surface area contributed by atoms with Crippen LogP contribution < -0.4 is 11.2 Å². The summed E-state index contributed by atoms with van der Waals surface area (Å²) < 4.78 is 6.43. The predicted octanol–water partition coefficient (Wildman–Crippen LogP) is 0.381. The molecule has 0 saturated carbocycles. The Balaban J connectivity index is 1.96. The number of aromatic nitrogens is 2. The average Bonchev–Trinajstić information content (AvgIpc) is 2.48. The van der Waals surface area contributed by atoms with Crippen LogP contribution in [0.3, 0.4) is 0 Å². The molecule has 2 rings (SSSR count). The molecular formula is C15H16N2O5. The molecule has 2 aromatic rings. The molecular weight excluding hydrogens is 288 g/mol. The van der Waals surface area contributed by atoms with E-state index in [0.717, 1.165) is 10.1 Å². The van der Waals surface area contributed by atoms with E-state index in [1.165, 1.54) is 6.20 Å². The number of aliphatic carboxylic acids is 1. The second-order valence-corrected chi connectivity index (χ2v) is 4.72. The zero-order valence-corrected chi connectivity index (χ0v) is 11.8. The van der Waals surface area contributed by atoms with Crippen molar-refractivity contribution in [1.29, 1.82) is 0 Å². The minimum Gasteiger partial charge on any atom is -0.480 e. The molecule has 2 N–H and O–H groups in total. The van der Waals surface area contributed by atoms with E-state index in [2.05, 4.69) is 4.98 Å². The normalized spacial score (nSPS) is 10.5. The maximum atomic E-state index is 11.7. The van der Waals surface area contributed by atoms with Crippen molar-refractivity contribution >= 4 is 5.97 Å². The van der Waals surface area contributed by atoms with Crippen molar-refractivity contribution in [3.05, 3.63) is 68.5 Å². The fourth-order valence-electron chi connectivity index (χ4n) is 1.94. The lowest BCUT2D eigenvalue weighted by molar-refractivity contribution is -0.137. The minimum absolute atomic E-state index is 0.294. The quantitative estimate of drug-likeness (QED) is 0.720. The number of benzene rings is 1. The van der Waals surface area contributed by atoms with Crippen LogP contribution in [0.4, 0.5) is 0 Å². The van der Waals surface area contributed by atoms with Crippen molar-refractivity contribution in [3.63, 3.8) is 0 Å². The molecule has 0 fully saturated rings. The summed E-state index contributed by atoms with van der Waals surface area (Å²) in [5, 5.41) is 8.72. The monoisotopic (exact) mass is 304 g/mol. The molecule has 1 aromatic heterocycles. The highest BCUT2D eigenvalue weighted by atomic mass is 16.5. The summed E-state index contributed by atoms with van der Waals surface area (Å²) in [6.45, 7) is 0.226. The van der Waals surface area contributed by atoms with Gasteiger partial charge in [-0.3, -0.25) is 19.1 Å². The molecule has 22 heavy (non-hydrogen) atoms. The van der Waals surface area contributed by atoms with Crippen LogP contribution >= 0.6 is 0 Å². The first-order chi connectivity index (χ1) is 10.6. The Morgan fingerprint density at radius 1 is 1.23 bits per heavy atom. The first kappa shape index (κ1) is 15.7. The van der Waals surface area contributed by atoms with E-state index in [4.69, 9.17) is 9.84 Å². The Labute approximate surface area is 125 Å². The Morgan fingerprint density at radius 3 is 2.64 bits per heavy atom. The van der Waals surface area contributed by atoms with Gasteiger partial charge in [-0.15, -0.1) is 0 Å². The number of hydrogen-bond donors (Lipinski definition) is 2. The standard InChI is InChI=1S/C15H16N2O5/c18-13(19)9-17-8-12(14(20)16-15(17)21)6-7-22-10-11-4-2-1-3-5-11/h1-5,8H,6-7,9-10H2,(H,18,19)(H,16,20,21). The van der Waals surface area contributed by atoms with Gasteiger partial charge in [-0.25, -0.2) is 4.79 Å². The van der Waals surface area contributed by atoms with Crippen LogP contribution in [0.25, 0.3) is 0 Å². The van der Waals surface area contributed by atoms with Crippen molar-refractivity contribution in [2.24, 2.45) is 0 Å². The summed E-state index contributed by atoms with van der Waals surface area (Å²) in [6, 6.07) is 9.59. The molecule has 1 aromatic carbocycles. The van der Waals surface area contributed by atoms with Gasteiger partial charge in [0, 0.05) is 18.2 Å². The molecule has 0 unspecified atom stereocenters. The minimum atomic E-state index is -1.15. The third kappa shape index (κ3) is 4.42. The Morgan fingerprint density at radius 2 is 1.95 bits per heavy atom. The molecule has 0 atom stereocenters. The smallest absolute Gasteiger partial charge is 0.328 e. The van der Waals surface area contributed by atoms with Crippen molar-refractivity contribution in [3.8, 4) is 0 Å². The number of nitrogens with zero attached hydrogens (tertiary/aromatic N) is 1. The Hall–Kier alpha value is -2.67. The van der Waals surface area contributed by atoms with Crippen LogP contribution in [-0.4, -0.2) is 27.2 Å². The molecule has 7 heteroatoms. The molecule has 0 aliphatic carbocycles. The molecule has 0 radical (unpaired) electrons. The van der Waals surface area contributed by atoms with Gasteiger partial charge < -0.3 is 9.84 Å². The second kappa shape index (κ2) is 7.37. The van der Waals surface area contributed by atoms with Gasteiger partial charge in [0.2, 0.25) is 0 Å². The van der Waals surface area contributed by atoms with Gasteiger partial charge in [0.05, 0.1) is 13.2 Å². The fraction of sp³-hybridized carbons (Fsp3) is 0.267. The van der Waals surface area contributed by atoms with E-state index in [9.17, 15) is 14.4 Å². The molecule has 0 spiro atoms. The first-order valence-corrected chi connectivity index (χ1v) is 6.72. The third-order valence-electron chi connectivity index (χ3n) is 3.02. The molecule has 0 saturated heterocycles. The number of rotatable bonds is 7. The van der Waals surface area contributed by atoms with Crippen molar-refractivity contribution < 1.29 is 14.6 Å². The molecule has 116 valence electrons. The summed E-state index contributed by atoms with van der Waals surface area (Å²) in [5.74, 6) is -1.15. The van der Waals surface area contributed by atoms with Gasteiger partial charge in [-0.1, -0.05) is 30.3 Å². The maximum Gasteiger partial charge on any atom is 0.328 e. The van der Waals surface area contributed by atoms with Gasteiger partial charge in [-0.05, 0) is 5.56 Å². The number of aromatic amines is 1. The number of nitrogens with one attached hydrogen (secondary N) is 1. The zero-order valence-electron chi connectivity index (χ0n) is 11.8. The highest BCUT2D eigenvalue weighted by Crippen LogP contribution is 2.01. The fourth-order valence-corrected chi connectivity index (χ4v) is 1.94. The van der Waals surface area contributed by atoms with Gasteiger partial charge in [-0.2, -0.15) is 0 Å². The summed E-state index contributed by atoms with van der Waals surface area (Å²) >= 11 is 0. The lowest BCUT2D eigenvalue weighted by atomic mass is 10.2. The second-order valence-electron chi connectivity index (χ2n) is 4.72. The average molecular weight is 304 g/mol. The highest BCUT2D eigenvalue weighted by Gasteiger charge is 2.07. The SMILES string of the molecule is O=C(O)Cn1cc(CCOCc2ccccc2)c(=O)[nH]c1=O. The van der Waals surface area contributed by atoms with Crippen molar-refractivity contribution in [2.45, 2.75) is 19.6 Å². The van der Waals surface area contributed by atoms with E-state index >= 15 is 0 Å². The third-order valence-corrected chi connectivity index (χ3v) is 3.02.